The Morgan fingerprint density at radius 2 is 1.69 bits per heavy atom. The highest BCUT2D eigenvalue weighted by atomic mass is 16.6. The average molecular weight is 397 g/mol. The van der Waals surface area contributed by atoms with E-state index in [1.165, 1.54) is 32.1 Å². The quantitative estimate of drug-likeness (QED) is 0.696. The second kappa shape index (κ2) is 7.66. The second-order valence-electron chi connectivity index (χ2n) is 9.65. The number of rotatable bonds is 6. The predicted octanol–water partition coefficient (Wildman–Crippen LogP) is 4.77. The first kappa shape index (κ1) is 19.0. The lowest BCUT2D eigenvalue weighted by Gasteiger charge is -2.62. The Labute approximate surface area is 173 Å². The smallest absolute Gasteiger partial charge is 0.429 e. The highest BCUT2D eigenvalue weighted by Gasteiger charge is 2.59. The van der Waals surface area contributed by atoms with E-state index in [1.54, 1.807) is 5.01 Å². The van der Waals surface area contributed by atoms with E-state index in [-0.39, 0.29) is 30.7 Å². The van der Waals surface area contributed by atoms with E-state index >= 15 is 0 Å². The van der Waals surface area contributed by atoms with Gasteiger partial charge in [0.05, 0.1) is 6.04 Å². The monoisotopic (exact) mass is 396 g/mol. The van der Waals surface area contributed by atoms with E-state index in [9.17, 15) is 9.59 Å². The molecule has 1 atom stereocenters. The summed E-state index contributed by atoms with van der Waals surface area (Å²) in [7, 11) is 0. The molecule has 0 aromatic heterocycles. The number of unbranched alkanes of at least 4 members (excludes halogenated alkanes) is 1. The molecule has 1 aromatic carbocycles. The molecule has 0 spiro atoms. The van der Waals surface area contributed by atoms with Crippen LogP contribution in [-0.2, 0) is 16.1 Å². The molecule has 1 saturated heterocycles. The van der Waals surface area contributed by atoms with Gasteiger partial charge in [0.2, 0.25) is 0 Å². The molecule has 1 unspecified atom stereocenters. The van der Waals surface area contributed by atoms with Gasteiger partial charge in [-0.25, -0.2) is 14.8 Å². The molecule has 1 heterocycles. The highest BCUT2D eigenvalue weighted by Crippen LogP contribution is 2.56. The van der Waals surface area contributed by atoms with Crippen LogP contribution < -0.4 is 0 Å². The van der Waals surface area contributed by atoms with Crippen molar-refractivity contribution in [1.82, 2.24) is 10.0 Å². The maximum Gasteiger partial charge on any atom is 0.429 e. The zero-order valence-corrected chi connectivity index (χ0v) is 17.3. The molecule has 0 radical (unpaired) electrons. The van der Waals surface area contributed by atoms with Crippen molar-refractivity contribution < 1.29 is 14.3 Å². The predicted molar refractivity (Wildman–Crippen MR) is 109 cm³/mol. The van der Waals surface area contributed by atoms with Gasteiger partial charge >= 0.3 is 6.09 Å². The molecule has 5 nitrogen and oxygen atoms in total. The van der Waals surface area contributed by atoms with E-state index in [0.29, 0.717) is 11.8 Å². The van der Waals surface area contributed by atoms with Crippen molar-refractivity contribution in [3.05, 3.63) is 35.9 Å². The normalized spacial score (nSPS) is 35.0. The third-order valence-corrected chi connectivity index (χ3v) is 7.72. The molecule has 2 amide bonds. The van der Waals surface area contributed by atoms with Crippen LogP contribution in [0.15, 0.2) is 30.3 Å². The minimum Gasteiger partial charge on any atom is -0.443 e. The Bertz CT molecular complexity index is 737. The standard InChI is InChI=1S/C24H32N2O3/c1-2-3-9-21-23(27)26(22-19-11-17-10-18(13-19)14-20(22)12-17)25(21)24(28)29-15-16-7-5-4-6-8-16/h4-8,17-22H,2-3,9-15H2,1H3. The molecule has 0 N–H and O–H groups in total. The number of carbonyl (C=O) groups excluding carboxylic acids is 2. The Hall–Kier alpha value is -2.04. The number of hydrogen-bond donors (Lipinski definition) is 0. The number of amides is 2. The van der Waals surface area contributed by atoms with Gasteiger partial charge in [0.15, 0.2) is 0 Å². The van der Waals surface area contributed by atoms with Crippen LogP contribution >= 0.6 is 0 Å². The fraction of sp³-hybridized carbons (Fsp3) is 0.667. The van der Waals surface area contributed by atoms with Gasteiger partial charge in [-0.15, -0.1) is 0 Å². The van der Waals surface area contributed by atoms with Gasteiger partial charge < -0.3 is 4.74 Å². The van der Waals surface area contributed by atoms with Gasteiger partial charge in [0, 0.05) is 0 Å². The summed E-state index contributed by atoms with van der Waals surface area (Å²) in [6, 6.07) is 9.63. The summed E-state index contributed by atoms with van der Waals surface area (Å²) in [6.45, 7) is 2.37. The average Bonchev–Trinajstić information content (AvgIpc) is 2.72. The van der Waals surface area contributed by atoms with Gasteiger partial charge in [-0.2, -0.15) is 0 Å². The fourth-order valence-electron chi connectivity index (χ4n) is 6.69. The van der Waals surface area contributed by atoms with Crippen LogP contribution in [-0.4, -0.2) is 34.1 Å². The van der Waals surface area contributed by atoms with Gasteiger partial charge in [0.25, 0.3) is 5.91 Å². The molecular weight excluding hydrogens is 364 g/mol. The minimum atomic E-state index is -0.358. The van der Waals surface area contributed by atoms with Crippen molar-refractivity contribution in [2.75, 3.05) is 0 Å². The highest BCUT2D eigenvalue weighted by molar-refractivity contribution is 5.93. The van der Waals surface area contributed by atoms with Gasteiger partial charge in [-0.3, -0.25) is 4.79 Å². The van der Waals surface area contributed by atoms with Gasteiger partial charge in [-0.1, -0.05) is 50.1 Å². The fourth-order valence-corrected chi connectivity index (χ4v) is 6.69. The molecule has 156 valence electrons. The lowest BCUT2D eigenvalue weighted by molar-refractivity contribution is -0.218. The molecule has 5 aliphatic rings. The van der Waals surface area contributed by atoms with Crippen molar-refractivity contribution in [1.29, 1.82) is 0 Å². The van der Waals surface area contributed by atoms with E-state index in [4.69, 9.17) is 4.74 Å². The number of hydrogen-bond acceptors (Lipinski definition) is 3. The summed E-state index contributed by atoms with van der Waals surface area (Å²) in [5.41, 5.74) is 0.971. The molecular formula is C24H32N2O3. The molecule has 4 aliphatic carbocycles. The lowest BCUT2D eigenvalue weighted by Crippen LogP contribution is -2.76. The van der Waals surface area contributed by atoms with Crippen molar-refractivity contribution in [3.8, 4) is 0 Å². The summed E-state index contributed by atoms with van der Waals surface area (Å²) >= 11 is 0. The van der Waals surface area contributed by atoms with E-state index < -0.39 is 0 Å². The molecule has 5 fully saturated rings. The molecule has 1 aromatic rings. The van der Waals surface area contributed by atoms with Gasteiger partial charge in [-0.05, 0) is 67.8 Å². The molecule has 4 bridgehead atoms. The number of benzene rings is 1. The van der Waals surface area contributed by atoms with Crippen molar-refractivity contribution >= 4 is 12.0 Å². The van der Waals surface area contributed by atoms with Gasteiger partial charge in [0.1, 0.15) is 12.6 Å². The van der Waals surface area contributed by atoms with Crippen molar-refractivity contribution in [2.24, 2.45) is 23.7 Å². The lowest BCUT2D eigenvalue weighted by atomic mass is 9.54. The Morgan fingerprint density at radius 1 is 1.03 bits per heavy atom. The maximum atomic E-state index is 13.2. The SMILES string of the molecule is CCCCC1C(=O)N(C2C3CC4CC(C3)CC2C4)N1C(=O)OCc1ccccc1. The first-order valence-corrected chi connectivity index (χ1v) is 11.5. The van der Waals surface area contributed by atoms with Crippen LogP contribution in [0.3, 0.4) is 0 Å². The van der Waals surface area contributed by atoms with Crippen molar-refractivity contribution in [2.45, 2.75) is 77.0 Å². The number of nitrogens with zero attached hydrogens (tertiary/aromatic N) is 2. The largest absolute Gasteiger partial charge is 0.443 e. The first-order valence-electron chi connectivity index (χ1n) is 11.5. The number of hydrazine groups is 1. The maximum absolute atomic E-state index is 13.2. The van der Waals surface area contributed by atoms with Crippen molar-refractivity contribution in [3.63, 3.8) is 0 Å². The number of ether oxygens (including phenoxy) is 1. The van der Waals surface area contributed by atoms with Crippen LogP contribution in [0.1, 0.15) is 63.9 Å². The zero-order chi connectivity index (χ0) is 20.0. The molecule has 1 aliphatic heterocycles. The molecule has 4 saturated carbocycles. The van der Waals surface area contributed by atoms with Crippen LogP contribution in [0.4, 0.5) is 4.79 Å². The van der Waals surface area contributed by atoms with Crippen LogP contribution in [0, 0.1) is 23.7 Å². The zero-order valence-electron chi connectivity index (χ0n) is 17.3. The summed E-state index contributed by atoms with van der Waals surface area (Å²) in [4.78, 5) is 26.2. The number of carbonyl (C=O) groups is 2. The summed E-state index contributed by atoms with van der Waals surface area (Å²) in [6.07, 6.45) is 8.66. The Morgan fingerprint density at radius 3 is 2.31 bits per heavy atom. The Kier molecular flexibility index (Phi) is 5.00. The topological polar surface area (TPSA) is 49.9 Å². The molecule has 6 rings (SSSR count). The summed E-state index contributed by atoms with van der Waals surface area (Å²) < 4.78 is 5.66. The van der Waals surface area contributed by atoms with E-state index in [2.05, 4.69) is 6.92 Å². The molecule has 5 heteroatoms. The second-order valence-corrected chi connectivity index (χ2v) is 9.65. The third kappa shape index (κ3) is 3.32. The van der Waals surface area contributed by atoms with E-state index in [1.807, 2.05) is 35.3 Å². The first-order chi connectivity index (χ1) is 14.2. The van der Waals surface area contributed by atoms with Crippen LogP contribution in [0.25, 0.3) is 0 Å². The van der Waals surface area contributed by atoms with E-state index in [0.717, 1.165) is 36.7 Å². The Balaban J connectivity index is 1.33. The third-order valence-electron chi connectivity index (χ3n) is 7.72. The van der Waals surface area contributed by atoms with Crippen LogP contribution in [0.5, 0.6) is 0 Å². The summed E-state index contributed by atoms with van der Waals surface area (Å²) in [5, 5.41) is 3.52. The summed E-state index contributed by atoms with van der Waals surface area (Å²) in [5.74, 6) is 2.96. The van der Waals surface area contributed by atoms with Crippen LogP contribution in [0.2, 0.25) is 0 Å². The minimum absolute atomic E-state index is 0.146. The molecule has 29 heavy (non-hydrogen) atoms.